The van der Waals surface area contributed by atoms with Gasteiger partial charge in [0, 0.05) is 6.07 Å². The third kappa shape index (κ3) is 5.84. The minimum atomic E-state index is -0.525. The van der Waals surface area contributed by atoms with E-state index < -0.39 is 11.9 Å². The highest BCUT2D eigenvalue weighted by Gasteiger charge is 2.15. The highest BCUT2D eigenvalue weighted by atomic mass is 16.5. The van der Waals surface area contributed by atoms with Crippen LogP contribution in [0.4, 0.5) is 5.69 Å². The Morgan fingerprint density at radius 3 is 2.57 bits per heavy atom. The Kier molecular flexibility index (Phi) is 8.02. The summed E-state index contributed by atoms with van der Waals surface area (Å²) in [4.78, 5) is 35.4. The molecule has 2 aromatic rings. The number of anilines is 1. The van der Waals surface area contributed by atoms with Crippen molar-refractivity contribution in [3.63, 3.8) is 0 Å². The molecular weight excluding hydrogens is 362 g/mol. The first-order valence-electron chi connectivity index (χ1n) is 8.99. The van der Waals surface area contributed by atoms with Gasteiger partial charge in [0.25, 0.3) is 5.91 Å². The van der Waals surface area contributed by atoms with E-state index >= 15 is 0 Å². The second-order valence-corrected chi connectivity index (χ2v) is 5.77. The summed E-state index contributed by atoms with van der Waals surface area (Å²) in [5.41, 5.74) is 0.884. The monoisotopic (exact) mass is 385 g/mol. The zero-order valence-corrected chi connectivity index (χ0v) is 15.9. The number of aldehydes is 1. The summed E-state index contributed by atoms with van der Waals surface area (Å²) in [5.74, 6) is -0.204. The van der Waals surface area contributed by atoms with Crippen molar-refractivity contribution >= 4 is 23.9 Å². The van der Waals surface area contributed by atoms with E-state index in [2.05, 4.69) is 5.32 Å². The number of nitrogens with one attached hydrogen (secondary N) is 1. The normalized spacial score (nSPS) is 10.1. The van der Waals surface area contributed by atoms with Crippen LogP contribution < -0.4 is 14.8 Å². The number of ether oxygens (including phenoxy) is 3. The van der Waals surface area contributed by atoms with Crippen LogP contribution in [0.3, 0.4) is 0 Å². The summed E-state index contributed by atoms with van der Waals surface area (Å²) in [5, 5.41) is 2.62. The smallest absolute Gasteiger partial charge is 0.340 e. The minimum Gasteiger partial charge on any atom is -0.493 e. The van der Waals surface area contributed by atoms with Crippen molar-refractivity contribution in [2.45, 2.75) is 20.3 Å². The lowest BCUT2D eigenvalue weighted by atomic mass is 10.2. The standard InChI is InChI=1S/C21H23NO6/c1-3-11-27-16-10-9-15(13-23)19(12-16)28-14-20(24)22-18-8-6-5-7-17(18)21(25)26-4-2/h5-10,12-13H,3-4,11,14H2,1-2H3,(H,22,24). The SMILES string of the molecule is CCCOc1ccc(C=O)c(OCC(=O)Nc2ccccc2C(=O)OCC)c1. The zero-order chi connectivity index (χ0) is 20.4. The van der Waals surface area contributed by atoms with E-state index in [1.807, 2.05) is 6.92 Å². The molecule has 0 saturated heterocycles. The molecule has 148 valence electrons. The first kappa shape index (κ1) is 21.0. The van der Waals surface area contributed by atoms with Crippen LogP contribution in [0.5, 0.6) is 11.5 Å². The van der Waals surface area contributed by atoms with Crippen LogP contribution in [-0.4, -0.2) is 38.0 Å². The zero-order valence-electron chi connectivity index (χ0n) is 15.9. The molecule has 0 aliphatic carbocycles. The quantitative estimate of drug-likeness (QED) is 0.497. The lowest BCUT2D eigenvalue weighted by Crippen LogP contribution is -2.22. The van der Waals surface area contributed by atoms with E-state index in [1.54, 1.807) is 49.4 Å². The molecule has 7 heteroatoms. The van der Waals surface area contributed by atoms with Gasteiger partial charge in [-0.1, -0.05) is 19.1 Å². The van der Waals surface area contributed by atoms with E-state index in [4.69, 9.17) is 14.2 Å². The predicted octanol–water partition coefficient (Wildman–Crippen LogP) is 3.48. The molecule has 0 aliphatic rings. The Balaban J connectivity index is 2.05. The fourth-order valence-electron chi connectivity index (χ4n) is 2.36. The Bertz CT molecular complexity index is 833. The summed E-state index contributed by atoms with van der Waals surface area (Å²) in [6, 6.07) is 11.3. The largest absolute Gasteiger partial charge is 0.493 e. The average Bonchev–Trinajstić information content (AvgIpc) is 2.71. The molecule has 0 aliphatic heterocycles. The predicted molar refractivity (Wildman–Crippen MR) is 104 cm³/mol. The summed E-state index contributed by atoms with van der Waals surface area (Å²) in [6.07, 6.45) is 1.49. The number of carbonyl (C=O) groups excluding carboxylic acids is 3. The molecule has 28 heavy (non-hydrogen) atoms. The molecule has 0 fully saturated rings. The van der Waals surface area contributed by atoms with Gasteiger partial charge in [0.1, 0.15) is 11.5 Å². The first-order valence-corrected chi connectivity index (χ1v) is 8.99. The molecule has 0 saturated carbocycles. The molecule has 1 amide bonds. The Labute approximate surface area is 163 Å². The molecule has 2 aromatic carbocycles. The van der Waals surface area contributed by atoms with Crippen molar-refractivity contribution in [3.05, 3.63) is 53.6 Å². The van der Waals surface area contributed by atoms with Crippen LogP contribution in [0.1, 0.15) is 41.0 Å². The third-order valence-corrected chi connectivity index (χ3v) is 3.64. The molecule has 2 rings (SSSR count). The van der Waals surface area contributed by atoms with E-state index in [-0.39, 0.29) is 24.5 Å². The fraction of sp³-hybridized carbons (Fsp3) is 0.286. The number of hydrogen-bond donors (Lipinski definition) is 1. The lowest BCUT2D eigenvalue weighted by molar-refractivity contribution is -0.118. The van der Waals surface area contributed by atoms with Gasteiger partial charge in [0.15, 0.2) is 12.9 Å². The highest BCUT2D eigenvalue weighted by Crippen LogP contribution is 2.24. The Hall–Kier alpha value is -3.35. The van der Waals surface area contributed by atoms with Gasteiger partial charge < -0.3 is 19.5 Å². The van der Waals surface area contributed by atoms with Gasteiger partial charge >= 0.3 is 5.97 Å². The highest BCUT2D eigenvalue weighted by molar-refractivity contribution is 6.01. The van der Waals surface area contributed by atoms with Crippen LogP contribution >= 0.6 is 0 Å². The maximum absolute atomic E-state index is 12.3. The Morgan fingerprint density at radius 2 is 1.86 bits per heavy atom. The van der Waals surface area contributed by atoms with Gasteiger partial charge in [-0.2, -0.15) is 0 Å². The molecule has 0 atom stereocenters. The van der Waals surface area contributed by atoms with Crippen molar-refractivity contribution in [1.29, 1.82) is 0 Å². The first-order chi connectivity index (χ1) is 13.6. The molecule has 0 bridgehead atoms. The van der Waals surface area contributed by atoms with E-state index in [0.717, 1.165) is 6.42 Å². The van der Waals surface area contributed by atoms with Gasteiger partial charge in [0.2, 0.25) is 0 Å². The summed E-state index contributed by atoms with van der Waals surface area (Å²) >= 11 is 0. The molecular formula is C21H23NO6. The van der Waals surface area contributed by atoms with Crippen molar-refractivity contribution in [2.75, 3.05) is 25.1 Å². The van der Waals surface area contributed by atoms with Crippen molar-refractivity contribution < 1.29 is 28.6 Å². The number of carbonyl (C=O) groups is 3. The molecule has 1 N–H and O–H groups in total. The lowest BCUT2D eigenvalue weighted by Gasteiger charge is -2.13. The number of para-hydroxylation sites is 1. The number of hydrogen-bond acceptors (Lipinski definition) is 6. The topological polar surface area (TPSA) is 90.9 Å². The van der Waals surface area contributed by atoms with Crippen LogP contribution in [0.25, 0.3) is 0 Å². The Morgan fingerprint density at radius 1 is 1.07 bits per heavy atom. The molecule has 7 nitrogen and oxygen atoms in total. The molecule has 0 radical (unpaired) electrons. The van der Waals surface area contributed by atoms with Crippen LogP contribution in [0.15, 0.2) is 42.5 Å². The van der Waals surface area contributed by atoms with Gasteiger partial charge in [-0.3, -0.25) is 9.59 Å². The van der Waals surface area contributed by atoms with Gasteiger partial charge in [-0.05, 0) is 37.6 Å². The summed E-state index contributed by atoms with van der Waals surface area (Å²) in [6.45, 7) is 4.11. The molecule has 0 aromatic heterocycles. The second-order valence-electron chi connectivity index (χ2n) is 5.77. The van der Waals surface area contributed by atoms with Crippen LogP contribution in [-0.2, 0) is 9.53 Å². The van der Waals surface area contributed by atoms with Gasteiger partial charge in [-0.15, -0.1) is 0 Å². The number of benzene rings is 2. The average molecular weight is 385 g/mol. The van der Waals surface area contributed by atoms with Crippen molar-refractivity contribution in [3.8, 4) is 11.5 Å². The molecule has 0 heterocycles. The number of amides is 1. The minimum absolute atomic E-state index is 0.231. The maximum Gasteiger partial charge on any atom is 0.340 e. The molecule has 0 spiro atoms. The summed E-state index contributed by atoms with van der Waals surface area (Å²) < 4.78 is 16.0. The van der Waals surface area contributed by atoms with Gasteiger partial charge in [0.05, 0.1) is 30.0 Å². The van der Waals surface area contributed by atoms with E-state index in [0.29, 0.717) is 29.9 Å². The van der Waals surface area contributed by atoms with Gasteiger partial charge in [-0.25, -0.2) is 4.79 Å². The van der Waals surface area contributed by atoms with Crippen molar-refractivity contribution in [2.24, 2.45) is 0 Å². The third-order valence-electron chi connectivity index (χ3n) is 3.64. The van der Waals surface area contributed by atoms with Crippen LogP contribution in [0.2, 0.25) is 0 Å². The van der Waals surface area contributed by atoms with E-state index in [9.17, 15) is 14.4 Å². The number of rotatable bonds is 10. The fourth-order valence-corrected chi connectivity index (χ4v) is 2.36. The van der Waals surface area contributed by atoms with Crippen LogP contribution in [0, 0.1) is 0 Å². The second kappa shape index (κ2) is 10.7. The van der Waals surface area contributed by atoms with Crippen molar-refractivity contribution in [1.82, 2.24) is 0 Å². The summed E-state index contributed by atoms with van der Waals surface area (Å²) in [7, 11) is 0. The molecule has 0 unspecified atom stereocenters. The number of esters is 1. The maximum atomic E-state index is 12.3. The van der Waals surface area contributed by atoms with E-state index in [1.165, 1.54) is 0 Å².